The van der Waals surface area contributed by atoms with Crippen LogP contribution in [0.4, 0.5) is 0 Å². The van der Waals surface area contributed by atoms with Gasteiger partial charge in [-0.2, -0.15) is 0 Å². The Morgan fingerprint density at radius 1 is 1.27 bits per heavy atom. The normalized spacial score (nSPS) is 20.7. The summed E-state index contributed by atoms with van der Waals surface area (Å²) in [5.74, 6) is 0.747. The van der Waals surface area contributed by atoms with Crippen LogP contribution in [0.15, 0.2) is 12.2 Å². The quantitative estimate of drug-likeness (QED) is 0.567. The molecule has 0 aromatic rings. The van der Waals surface area contributed by atoms with Gasteiger partial charge in [0.25, 0.3) is 0 Å². The van der Waals surface area contributed by atoms with Gasteiger partial charge in [-0.3, -0.25) is 4.79 Å². The van der Waals surface area contributed by atoms with E-state index >= 15 is 0 Å². The third-order valence-corrected chi connectivity index (χ3v) is 2.26. The lowest BCUT2D eigenvalue weighted by molar-refractivity contribution is 0.419. The number of hydrogen-bond acceptors (Lipinski definition) is 1. The Bertz CT molecular complexity index is 132. The molecule has 0 aromatic carbocycles. The summed E-state index contributed by atoms with van der Waals surface area (Å²) in [7, 11) is 0. The van der Waals surface area contributed by atoms with Crippen molar-refractivity contribution in [2.45, 2.75) is 38.5 Å². The van der Waals surface area contributed by atoms with Crippen molar-refractivity contribution < 1.29 is 4.79 Å². The molecule has 0 amide bonds. The third kappa shape index (κ3) is 3.35. The van der Waals surface area contributed by atoms with Crippen LogP contribution >= 0.6 is 0 Å². The summed E-state index contributed by atoms with van der Waals surface area (Å²) in [5, 5.41) is 0. The highest BCUT2D eigenvalue weighted by molar-refractivity contribution is 5.52. The maximum atomic E-state index is 9.87. The fourth-order valence-electron chi connectivity index (χ4n) is 1.64. The number of hydrogen-bond donors (Lipinski definition) is 0. The molecule has 0 heterocycles. The minimum absolute atomic E-state index is 0.469. The lowest BCUT2D eigenvalue weighted by Crippen LogP contribution is -2.02. The molecule has 1 heteroatoms. The highest BCUT2D eigenvalue weighted by Gasteiger charge is 2.08. The molecule has 0 saturated heterocycles. The highest BCUT2D eigenvalue weighted by Crippen LogP contribution is 2.24. The van der Waals surface area contributed by atoms with Crippen molar-refractivity contribution in [3.05, 3.63) is 12.2 Å². The van der Waals surface area contributed by atoms with Crippen molar-refractivity contribution in [1.82, 2.24) is 0 Å². The summed E-state index contributed by atoms with van der Waals surface area (Å²) in [6.07, 6.45) is 13.2. The SMILES string of the molecule is O=[C]CC=CC1CCCCC1. The topological polar surface area (TPSA) is 17.1 Å². The van der Waals surface area contributed by atoms with Gasteiger partial charge in [-0.15, -0.1) is 0 Å². The van der Waals surface area contributed by atoms with Crippen LogP contribution in [-0.4, -0.2) is 6.29 Å². The Balaban J connectivity index is 2.18. The Labute approximate surface area is 68.5 Å². The van der Waals surface area contributed by atoms with E-state index in [1.807, 2.05) is 12.4 Å². The Kier molecular flexibility index (Phi) is 3.95. The fraction of sp³-hybridized carbons (Fsp3) is 0.700. The summed E-state index contributed by atoms with van der Waals surface area (Å²) >= 11 is 0. The lowest BCUT2D eigenvalue weighted by atomic mass is 9.89. The van der Waals surface area contributed by atoms with Crippen LogP contribution in [0.25, 0.3) is 0 Å². The zero-order valence-corrected chi connectivity index (χ0v) is 6.88. The largest absolute Gasteiger partial charge is 0.291 e. The fourth-order valence-corrected chi connectivity index (χ4v) is 1.64. The first-order valence-electron chi connectivity index (χ1n) is 4.45. The van der Waals surface area contributed by atoms with E-state index in [-0.39, 0.29) is 0 Å². The summed E-state index contributed by atoms with van der Waals surface area (Å²) < 4.78 is 0. The van der Waals surface area contributed by atoms with Crippen molar-refractivity contribution in [3.63, 3.8) is 0 Å². The molecular formula is C10H15O. The Morgan fingerprint density at radius 2 is 2.00 bits per heavy atom. The van der Waals surface area contributed by atoms with E-state index in [0.29, 0.717) is 6.42 Å². The van der Waals surface area contributed by atoms with Crippen LogP contribution in [0.2, 0.25) is 0 Å². The van der Waals surface area contributed by atoms with E-state index in [0.717, 1.165) is 5.92 Å². The molecule has 1 saturated carbocycles. The Morgan fingerprint density at radius 3 is 2.64 bits per heavy atom. The molecular weight excluding hydrogens is 136 g/mol. The summed E-state index contributed by atoms with van der Waals surface area (Å²) in [4.78, 5) is 9.87. The standard InChI is InChI=1S/C10H15O/c11-9-5-4-8-10-6-2-1-3-7-10/h4,8,10H,1-3,5-7H2. The molecule has 1 rings (SSSR count). The first kappa shape index (κ1) is 8.51. The van der Waals surface area contributed by atoms with Crippen LogP contribution in [0.5, 0.6) is 0 Å². The van der Waals surface area contributed by atoms with Crippen molar-refractivity contribution in [2.75, 3.05) is 0 Å². The van der Waals surface area contributed by atoms with Gasteiger partial charge >= 0.3 is 0 Å². The minimum Gasteiger partial charge on any atom is -0.291 e. The third-order valence-electron chi connectivity index (χ3n) is 2.26. The second-order valence-corrected chi connectivity index (χ2v) is 3.17. The van der Waals surface area contributed by atoms with Crippen LogP contribution in [0.3, 0.4) is 0 Å². The highest BCUT2D eigenvalue weighted by atomic mass is 16.1. The van der Waals surface area contributed by atoms with Crippen LogP contribution in [0, 0.1) is 5.92 Å². The number of carbonyl (C=O) groups excluding carboxylic acids is 1. The van der Waals surface area contributed by atoms with E-state index in [1.165, 1.54) is 32.1 Å². The summed E-state index contributed by atoms with van der Waals surface area (Å²) in [6, 6.07) is 0. The lowest BCUT2D eigenvalue weighted by Gasteiger charge is -2.17. The first-order valence-corrected chi connectivity index (χ1v) is 4.45. The Hall–Kier alpha value is -0.590. The predicted octanol–water partition coefficient (Wildman–Crippen LogP) is 2.62. The van der Waals surface area contributed by atoms with Gasteiger partial charge in [0.1, 0.15) is 0 Å². The molecule has 1 aliphatic carbocycles. The summed E-state index contributed by atoms with van der Waals surface area (Å²) in [5.41, 5.74) is 0. The molecule has 11 heavy (non-hydrogen) atoms. The molecule has 1 nitrogen and oxygen atoms in total. The minimum atomic E-state index is 0.469. The average molecular weight is 151 g/mol. The van der Waals surface area contributed by atoms with Crippen molar-refractivity contribution in [1.29, 1.82) is 0 Å². The van der Waals surface area contributed by atoms with E-state index in [4.69, 9.17) is 0 Å². The molecule has 0 unspecified atom stereocenters. The zero-order valence-electron chi connectivity index (χ0n) is 6.88. The zero-order chi connectivity index (χ0) is 7.94. The van der Waals surface area contributed by atoms with Gasteiger partial charge in [-0.05, 0) is 18.8 Å². The van der Waals surface area contributed by atoms with Gasteiger partial charge in [0.15, 0.2) is 0 Å². The van der Waals surface area contributed by atoms with Gasteiger partial charge < -0.3 is 0 Å². The first-order chi connectivity index (χ1) is 5.43. The molecule has 61 valence electrons. The monoisotopic (exact) mass is 151 g/mol. The van der Waals surface area contributed by atoms with E-state index in [2.05, 4.69) is 6.08 Å². The van der Waals surface area contributed by atoms with Crippen LogP contribution in [0.1, 0.15) is 38.5 Å². The van der Waals surface area contributed by atoms with Gasteiger partial charge in [-0.25, -0.2) is 0 Å². The van der Waals surface area contributed by atoms with E-state index < -0.39 is 0 Å². The van der Waals surface area contributed by atoms with Gasteiger partial charge in [0.2, 0.25) is 6.29 Å². The second kappa shape index (κ2) is 5.11. The van der Waals surface area contributed by atoms with Crippen molar-refractivity contribution in [3.8, 4) is 0 Å². The van der Waals surface area contributed by atoms with E-state index in [9.17, 15) is 4.79 Å². The van der Waals surface area contributed by atoms with Gasteiger partial charge in [0, 0.05) is 6.42 Å². The number of rotatable bonds is 3. The van der Waals surface area contributed by atoms with Crippen molar-refractivity contribution >= 4 is 6.29 Å². The predicted molar refractivity (Wildman–Crippen MR) is 46.0 cm³/mol. The smallest absolute Gasteiger partial charge is 0.202 e. The molecule has 0 atom stereocenters. The number of allylic oxidation sites excluding steroid dienone is 2. The van der Waals surface area contributed by atoms with Crippen LogP contribution in [-0.2, 0) is 4.79 Å². The molecule has 1 aliphatic rings. The molecule has 0 spiro atoms. The second-order valence-electron chi connectivity index (χ2n) is 3.17. The average Bonchev–Trinajstić information content (AvgIpc) is 2.07. The molecule has 0 N–H and O–H groups in total. The van der Waals surface area contributed by atoms with Crippen molar-refractivity contribution in [2.24, 2.45) is 5.92 Å². The molecule has 1 radical (unpaired) electrons. The van der Waals surface area contributed by atoms with Crippen LogP contribution < -0.4 is 0 Å². The van der Waals surface area contributed by atoms with E-state index in [1.54, 1.807) is 0 Å². The maximum Gasteiger partial charge on any atom is 0.202 e. The molecule has 1 fully saturated rings. The molecule has 0 aliphatic heterocycles. The molecule has 0 aromatic heterocycles. The summed E-state index contributed by atoms with van der Waals surface area (Å²) in [6.45, 7) is 0. The maximum absolute atomic E-state index is 9.87. The molecule has 0 bridgehead atoms. The van der Waals surface area contributed by atoms with Gasteiger partial charge in [0.05, 0.1) is 0 Å². The van der Waals surface area contributed by atoms with Gasteiger partial charge in [-0.1, -0.05) is 31.4 Å².